The van der Waals surface area contributed by atoms with Crippen molar-refractivity contribution in [1.82, 2.24) is 0 Å². The molecule has 1 rings (SSSR count). The van der Waals surface area contributed by atoms with E-state index in [1.54, 1.807) is 24.3 Å². The molecule has 1 aromatic rings. The number of hydrogen-bond acceptors (Lipinski definition) is 2. The predicted molar refractivity (Wildman–Crippen MR) is 49.9 cm³/mol. The zero-order chi connectivity index (χ0) is 10.8. The molecule has 0 aliphatic rings. The van der Waals surface area contributed by atoms with Gasteiger partial charge < -0.3 is 9.29 Å². The van der Waals surface area contributed by atoms with Crippen LogP contribution in [0, 0.1) is 0 Å². The van der Waals surface area contributed by atoms with Crippen LogP contribution < -0.4 is 4.74 Å². The van der Waals surface area contributed by atoms with Gasteiger partial charge in [0.2, 0.25) is 0 Å². The van der Waals surface area contributed by atoms with Gasteiger partial charge in [0.15, 0.2) is 10.6 Å². The second-order valence-electron chi connectivity index (χ2n) is 2.12. The van der Waals surface area contributed by atoms with Crippen LogP contribution in [0.2, 0.25) is 0 Å². The second-order valence-corrected chi connectivity index (χ2v) is 3.51. The molecule has 0 fully saturated rings. The van der Waals surface area contributed by atoms with Crippen LogP contribution in [-0.4, -0.2) is 17.4 Å². The highest BCUT2D eigenvalue weighted by molar-refractivity contribution is 7.91. The molecule has 1 unspecified atom stereocenters. The van der Waals surface area contributed by atoms with Crippen LogP contribution in [0.1, 0.15) is 9.67 Å². The minimum atomic E-state index is -1.76. The van der Waals surface area contributed by atoms with E-state index in [1.807, 2.05) is 0 Å². The van der Waals surface area contributed by atoms with Crippen molar-refractivity contribution in [3.8, 4) is 5.75 Å². The van der Waals surface area contributed by atoms with Crippen LogP contribution in [0.4, 0.5) is 0 Å². The van der Waals surface area contributed by atoms with Gasteiger partial charge in [0, 0.05) is 0 Å². The van der Waals surface area contributed by atoms with Crippen molar-refractivity contribution in [1.29, 1.82) is 0 Å². The topological polar surface area (TPSA) is 32.3 Å². The normalized spacial score (nSPS) is 20.2. The maximum Gasteiger partial charge on any atom is 0.194 e. The number of para-hydroxylation sites is 1. The van der Waals surface area contributed by atoms with Crippen LogP contribution in [0.3, 0.4) is 0 Å². The van der Waals surface area contributed by atoms with Crippen molar-refractivity contribution in [3.63, 3.8) is 0 Å². The molecule has 12 heavy (non-hydrogen) atoms. The van der Waals surface area contributed by atoms with Crippen molar-refractivity contribution in [2.24, 2.45) is 0 Å². The molecule has 0 radical (unpaired) electrons. The smallest absolute Gasteiger partial charge is 0.194 e. The Bertz CT molecular complexity index is 312. The van der Waals surface area contributed by atoms with Gasteiger partial charge in [-0.05, 0) is 30.2 Å². The number of hydrogen-bond donors (Lipinski definition) is 0. The molecule has 3 heteroatoms. The van der Waals surface area contributed by atoms with Crippen molar-refractivity contribution in [2.75, 3.05) is 12.8 Å². The molecule has 2 nitrogen and oxygen atoms in total. The zero-order valence-electron chi connectivity index (χ0n) is 9.03. The Hall–Kier alpha value is -0.670. The summed E-state index contributed by atoms with van der Waals surface area (Å²) in [4.78, 5) is 0.391. The molecule has 0 bridgehead atoms. The lowest BCUT2D eigenvalue weighted by molar-refractivity contribution is 0.402. The minimum Gasteiger partial charge on any atom is -0.611 e. The van der Waals surface area contributed by atoms with E-state index in [4.69, 9.17) is 7.48 Å². The Morgan fingerprint density at radius 2 is 2.42 bits per heavy atom. The first kappa shape index (κ1) is 6.80. The van der Waals surface area contributed by atoms with Crippen molar-refractivity contribution in [2.45, 2.75) is 11.8 Å². The van der Waals surface area contributed by atoms with Crippen molar-refractivity contribution >= 4 is 11.2 Å². The Kier molecular flexibility index (Phi) is 2.48. The number of rotatable bonds is 3. The minimum absolute atomic E-state index is 0.391. The van der Waals surface area contributed by atoms with E-state index in [9.17, 15) is 4.55 Å². The average Bonchev–Trinajstić information content (AvgIpc) is 2.15. The fraction of sp³-hybridized carbons (Fsp3) is 0.333. The van der Waals surface area contributed by atoms with E-state index in [1.165, 1.54) is 14.0 Å². The van der Waals surface area contributed by atoms with Crippen LogP contribution >= 0.6 is 0 Å². The number of methoxy groups -OCH3 is 1. The fourth-order valence-electron chi connectivity index (χ4n) is 0.882. The first-order chi connectivity index (χ1) is 6.46. The Labute approximate surface area is 78.5 Å². The van der Waals surface area contributed by atoms with Gasteiger partial charge in [-0.1, -0.05) is 12.1 Å². The molecule has 0 heterocycles. The highest BCUT2D eigenvalue weighted by Gasteiger charge is 2.13. The van der Waals surface area contributed by atoms with E-state index < -0.39 is 16.9 Å². The lowest BCUT2D eigenvalue weighted by Crippen LogP contribution is -2.05. The molecule has 0 aliphatic heterocycles. The van der Waals surface area contributed by atoms with Crippen LogP contribution in [0.25, 0.3) is 0 Å². The van der Waals surface area contributed by atoms with E-state index in [2.05, 4.69) is 0 Å². The molecule has 0 saturated carbocycles. The lowest BCUT2D eigenvalue weighted by Gasteiger charge is -2.10. The van der Waals surface area contributed by atoms with Crippen LogP contribution in [-0.2, 0) is 11.2 Å². The quantitative estimate of drug-likeness (QED) is 0.673. The summed E-state index contributed by atoms with van der Waals surface area (Å²) in [7, 11) is 1.47. The van der Waals surface area contributed by atoms with E-state index in [0.29, 0.717) is 10.6 Å². The Morgan fingerprint density at radius 1 is 1.75 bits per heavy atom. The Balaban J connectivity index is 3.06. The maximum atomic E-state index is 11.7. The molecule has 2 atom stereocenters. The number of benzene rings is 1. The summed E-state index contributed by atoms with van der Waals surface area (Å²) in [6.45, 7) is 1.29. The third-order valence-corrected chi connectivity index (χ3v) is 2.56. The van der Waals surface area contributed by atoms with Gasteiger partial charge in [-0.2, -0.15) is 0 Å². The molecule has 66 valence electrons. The summed E-state index contributed by atoms with van der Waals surface area (Å²) in [5.41, 5.74) is -1.76. The highest BCUT2D eigenvalue weighted by atomic mass is 32.2. The second kappa shape index (κ2) is 4.38. The molecule has 0 aliphatic carbocycles. The highest BCUT2D eigenvalue weighted by Crippen LogP contribution is 2.23. The summed E-state index contributed by atoms with van der Waals surface area (Å²) in [6.07, 6.45) is 0. The largest absolute Gasteiger partial charge is 0.611 e. The molecule has 0 amide bonds. The van der Waals surface area contributed by atoms with E-state index in [0.717, 1.165) is 0 Å². The average molecular weight is 185 g/mol. The van der Waals surface area contributed by atoms with E-state index in [-0.39, 0.29) is 0 Å². The SMILES string of the molecule is [1H][C@@]([2H])(C)[S+]([O-])c1ccccc1OC. The molecule has 1 aromatic carbocycles. The van der Waals surface area contributed by atoms with Gasteiger partial charge in [-0.3, -0.25) is 0 Å². The van der Waals surface area contributed by atoms with Crippen molar-refractivity contribution < 1.29 is 12.0 Å². The summed E-state index contributed by atoms with van der Waals surface area (Å²) >= 11 is -1.70. The fourth-order valence-corrected chi connectivity index (χ4v) is 1.64. The third-order valence-electron chi connectivity index (χ3n) is 1.45. The first-order valence-corrected chi connectivity index (χ1v) is 4.66. The molecule has 0 spiro atoms. The first-order valence-electron chi connectivity index (χ1n) is 4.51. The molecule has 0 saturated heterocycles. The van der Waals surface area contributed by atoms with Gasteiger partial charge in [0.25, 0.3) is 0 Å². The standard InChI is InChI=1S/C9H12O2S/c1-3-12(10)9-7-5-4-6-8(9)11-2/h4-7H,3H2,1-2H3/i3DH/t3-,12?/m1/s1. The van der Waals surface area contributed by atoms with Gasteiger partial charge in [-0.15, -0.1) is 0 Å². The monoisotopic (exact) mass is 185 g/mol. The van der Waals surface area contributed by atoms with Gasteiger partial charge in [-0.25, -0.2) is 0 Å². The zero-order valence-corrected chi connectivity index (χ0v) is 7.85. The number of ether oxygens (including phenoxy) is 1. The van der Waals surface area contributed by atoms with E-state index >= 15 is 0 Å². The van der Waals surface area contributed by atoms with Gasteiger partial charge in [0.1, 0.15) is 5.70 Å². The molecule has 0 N–H and O–H groups in total. The Morgan fingerprint density at radius 3 is 3.00 bits per heavy atom. The maximum absolute atomic E-state index is 11.7. The third kappa shape index (κ3) is 1.93. The van der Waals surface area contributed by atoms with Crippen LogP contribution in [0.5, 0.6) is 5.75 Å². The lowest BCUT2D eigenvalue weighted by atomic mass is 10.3. The summed E-state index contributed by atoms with van der Waals surface area (Å²) < 4.78 is 31.4. The summed E-state index contributed by atoms with van der Waals surface area (Å²) in [6, 6.07) is 6.74. The molecular formula is C9H12O2S. The molecule has 0 aromatic heterocycles. The van der Waals surface area contributed by atoms with Crippen molar-refractivity contribution in [3.05, 3.63) is 24.3 Å². The van der Waals surface area contributed by atoms with Crippen LogP contribution in [0.15, 0.2) is 29.2 Å². The molecular weight excluding hydrogens is 172 g/mol. The predicted octanol–water partition coefficient (Wildman–Crippen LogP) is 1.82. The van der Waals surface area contributed by atoms with Gasteiger partial charge >= 0.3 is 0 Å². The summed E-state index contributed by atoms with van der Waals surface area (Å²) in [5.74, 6) is 0.455. The summed E-state index contributed by atoms with van der Waals surface area (Å²) in [5, 5.41) is 0. The van der Waals surface area contributed by atoms with Gasteiger partial charge in [0.05, 0.1) is 9.85 Å².